The number of aryl methyl sites for hydroxylation is 1. The van der Waals surface area contributed by atoms with Gasteiger partial charge in [0.1, 0.15) is 11.4 Å². The van der Waals surface area contributed by atoms with Crippen molar-refractivity contribution in [3.05, 3.63) is 83.1 Å². The maximum absolute atomic E-state index is 5.99. The minimum atomic E-state index is 0.623. The molecule has 0 amide bonds. The molecule has 0 unspecified atom stereocenters. The molecule has 3 nitrogen and oxygen atoms in total. The first kappa shape index (κ1) is 16.2. The van der Waals surface area contributed by atoms with Gasteiger partial charge >= 0.3 is 0 Å². The van der Waals surface area contributed by atoms with Crippen LogP contribution in [-0.4, -0.2) is 9.97 Å². The summed E-state index contributed by atoms with van der Waals surface area (Å²) in [5.74, 6) is 0.697. The van der Waals surface area contributed by atoms with Crippen molar-refractivity contribution in [2.75, 3.05) is 0 Å². The van der Waals surface area contributed by atoms with Crippen molar-refractivity contribution in [2.45, 2.75) is 6.92 Å². The first-order chi connectivity index (χ1) is 13.2. The van der Waals surface area contributed by atoms with E-state index in [1.165, 1.54) is 11.1 Å². The molecule has 2 heterocycles. The molecule has 0 N–H and O–H groups in total. The Hall–Kier alpha value is -2.98. The minimum absolute atomic E-state index is 0.623. The summed E-state index contributed by atoms with van der Waals surface area (Å²) in [7, 11) is 0. The maximum Gasteiger partial charge on any atom is 0.231 e. The van der Waals surface area contributed by atoms with E-state index in [0.717, 1.165) is 32.1 Å². The Balaban J connectivity index is 1.71. The van der Waals surface area contributed by atoms with E-state index >= 15 is 0 Å². The van der Waals surface area contributed by atoms with Gasteiger partial charge in [-0.2, -0.15) is 4.98 Å². The van der Waals surface area contributed by atoms with Crippen molar-refractivity contribution in [1.82, 2.24) is 9.97 Å². The summed E-state index contributed by atoms with van der Waals surface area (Å²) in [6, 6.07) is 24.9. The molecule has 0 saturated carbocycles. The number of aromatic nitrogens is 2. The zero-order valence-electron chi connectivity index (χ0n) is 14.6. The van der Waals surface area contributed by atoms with E-state index in [1.807, 2.05) is 31.2 Å². The van der Waals surface area contributed by atoms with Crippen LogP contribution in [0, 0.1) is 6.92 Å². The van der Waals surface area contributed by atoms with Crippen molar-refractivity contribution >= 4 is 38.0 Å². The van der Waals surface area contributed by atoms with Crippen LogP contribution in [0.1, 0.15) is 5.82 Å². The largest absolute Gasteiger partial charge is 0.438 e. The highest BCUT2D eigenvalue weighted by molar-refractivity contribution is 9.10. The number of nitrogens with zero attached hydrogens (tertiary/aromatic N) is 2. The monoisotopic (exact) mass is 414 g/mol. The molecule has 0 spiro atoms. The van der Waals surface area contributed by atoms with Gasteiger partial charge in [0.15, 0.2) is 0 Å². The molecule has 130 valence electrons. The molecule has 0 fully saturated rings. The first-order valence-electron chi connectivity index (χ1n) is 8.71. The molecule has 0 radical (unpaired) electrons. The molecule has 0 bridgehead atoms. The Morgan fingerprint density at radius 3 is 2.26 bits per heavy atom. The van der Waals surface area contributed by atoms with E-state index in [2.05, 4.69) is 69.4 Å². The predicted octanol–water partition coefficient (Wildman–Crippen LogP) is 6.78. The van der Waals surface area contributed by atoms with Crippen LogP contribution >= 0.6 is 15.9 Å². The van der Waals surface area contributed by atoms with Crippen LogP contribution in [0.2, 0.25) is 0 Å². The van der Waals surface area contributed by atoms with Crippen molar-refractivity contribution in [3.63, 3.8) is 0 Å². The predicted molar refractivity (Wildman–Crippen MR) is 113 cm³/mol. The Kier molecular flexibility index (Phi) is 3.80. The van der Waals surface area contributed by atoms with Crippen molar-refractivity contribution in [1.29, 1.82) is 0 Å². The minimum Gasteiger partial charge on any atom is -0.438 e. The Morgan fingerprint density at radius 1 is 0.778 bits per heavy atom. The number of furan rings is 1. The number of fused-ring (bicyclic) bond motifs is 3. The lowest BCUT2D eigenvalue weighted by Gasteiger charge is -2.06. The highest BCUT2D eigenvalue weighted by atomic mass is 79.9. The average molecular weight is 415 g/mol. The van der Waals surface area contributed by atoms with Crippen molar-refractivity contribution in [3.8, 4) is 22.4 Å². The molecule has 5 aromatic rings. The molecule has 0 atom stereocenters. The van der Waals surface area contributed by atoms with Gasteiger partial charge in [-0.25, -0.2) is 4.98 Å². The fourth-order valence-corrected chi connectivity index (χ4v) is 3.75. The van der Waals surface area contributed by atoms with Gasteiger partial charge in [-0.3, -0.25) is 0 Å². The average Bonchev–Trinajstić information content (AvgIpc) is 3.05. The normalized spacial score (nSPS) is 11.3. The molecular weight excluding hydrogens is 400 g/mol. The van der Waals surface area contributed by atoms with E-state index in [-0.39, 0.29) is 0 Å². The van der Waals surface area contributed by atoms with Crippen molar-refractivity contribution < 1.29 is 4.42 Å². The molecule has 3 aromatic carbocycles. The first-order valence-corrected chi connectivity index (χ1v) is 9.50. The highest BCUT2D eigenvalue weighted by Crippen LogP contribution is 2.36. The van der Waals surface area contributed by atoms with Crippen LogP contribution in [0.25, 0.3) is 44.5 Å². The zero-order chi connectivity index (χ0) is 18.4. The highest BCUT2D eigenvalue weighted by Gasteiger charge is 2.16. The van der Waals surface area contributed by atoms with Gasteiger partial charge in [0, 0.05) is 15.4 Å². The maximum atomic E-state index is 5.99. The molecule has 0 saturated heterocycles. The molecule has 27 heavy (non-hydrogen) atoms. The van der Waals surface area contributed by atoms with Crippen molar-refractivity contribution in [2.24, 2.45) is 0 Å². The van der Waals surface area contributed by atoms with E-state index in [9.17, 15) is 0 Å². The molecule has 2 aromatic heterocycles. The number of hydrogen-bond donors (Lipinski definition) is 0. The Bertz CT molecular complexity index is 1280. The summed E-state index contributed by atoms with van der Waals surface area (Å²) in [5, 5.41) is 1.98. The fourth-order valence-electron chi connectivity index (χ4n) is 3.41. The van der Waals surface area contributed by atoms with E-state index in [0.29, 0.717) is 11.5 Å². The second-order valence-corrected chi connectivity index (χ2v) is 7.40. The standard InChI is InChI=1S/C23H15BrN2O/c1-14-25-22(17-9-7-16(8-10-17)15-5-3-2-4-6-15)21-19-12-11-18(24)13-20(19)27-23(21)26-14/h2-13H,1H3. The van der Waals surface area contributed by atoms with Gasteiger partial charge in [0.25, 0.3) is 0 Å². The smallest absolute Gasteiger partial charge is 0.231 e. The molecule has 4 heteroatoms. The van der Waals surface area contributed by atoms with E-state index in [4.69, 9.17) is 9.40 Å². The van der Waals surface area contributed by atoms with E-state index in [1.54, 1.807) is 0 Å². The number of halogens is 1. The van der Waals surface area contributed by atoms with Crippen LogP contribution < -0.4 is 0 Å². The second kappa shape index (κ2) is 6.32. The van der Waals surface area contributed by atoms with Crippen LogP contribution in [0.4, 0.5) is 0 Å². The summed E-state index contributed by atoms with van der Waals surface area (Å²) >= 11 is 3.50. The van der Waals surface area contributed by atoms with Gasteiger partial charge in [-0.05, 0) is 36.2 Å². The summed E-state index contributed by atoms with van der Waals surface area (Å²) < 4.78 is 6.97. The third-order valence-corrected chi connectivity index (χ3v) is 5.17. The summed E-state index contributed by atoms with van der Waals surface area (Å²) in [6.07, 6.45) is 0. The molecule has 0 aliphatic rings. The molecule has 0 aliphatic carbocycles. The van der Waals surface area contributed by atoms with Crippen LogP contribution in [-0.2, 0) is 0 Å². The molecule has 0 aliphatic heterocycles. The van der Waals surface area contributed by atoms with E-state index < -0.39 is 0 Å². The number of rotatable bonds is 2. The quantitative estimate of drug-likeness (QED) is 0.319. The lowest BCUT2D eigenvalue weighted by molar-refractivity contribution is 0.650. The van der Waals surface area contributed by atoms with Gasteiger partial charge in [0.05, 0.1) is 11.1 Å². The zero-order valence-corrected chi connectivity index (χ0v) is 16.2. The van der Waals surface area contributed by atoms with Gasteiger partial charge in [-0.1, -0.05) is 70.5 Å². The lowest BCUT2D eigenvalue weighted by Crippen LogP contribution is -1.92. The SMILES string of the molecule is Cc1nc(-c2ccc(-c3ccccc3)cc2)c2c(n1)oc1cc(Br)ccc12. The van der Waals surface area contributed by atoms with Gasteiger partial charge in [0.2, 0.25) is 5.71 Å². The third-order valence-electron chi connectivity index (χ3n) is 4.67. The van der Waals surface area contributed by atoms with Crippen LogP contribution in [0.5, 0.6) is 0 Å². The summed E-state index contributed by atoms with van der Waals surface area (Å²) in [6.45, 7) is 1.89. The van der Waals surface area contributed by atoms with Crippen LogP contribution in [0.3, 0.4) is 0 Å². The lowest BCUT2D eigenvalue weighted by atomic mass is 10.0. The van der Waals surface area contributed by atoms with Crippen LogP contribution in [0.15, 0.2) is 81.7 Å². The Morgan fingerprint density at radius 2 is 1.48 bits per heavy atom. The third kappa shape index (κ3) is 2.82. The number of hydrogen-bond acceptors (Lipinski definition) is 3. The van der Waals surface area contributed by atoms with Gasteiger partial charge < -0.3 is 4.42 Å². The summed E-state index contributed by atoms with van der Waals surface area (Å²) in [4.78, 5) is 9.24. The summed E-state index contributed by atoms with van der Waals surface area (Å²) in [5.41, 5.74) is 5.77. The molecule has 5 rings (SSSR count). The second-order valence-electron chi connectivity index (χ2n) is 6.49. The molecular formula is C23H15BrN2O. The topological polar surface area (TPSA) is 38.9 Å². The van der Waals surface area contributed by atoms with Gasteiger partial charge in [-0.15, -0.1) is 0 Å². The number of benzene rings is 3. The Labute approximate surface area is 164 Å². The fraction of sp³-hybridized carbons (Fsp3) is 0.0435.